The maximum Gasteiger partial charge on any atom is 0.132 e. The number of aryl methyl sites for hydroxylation is 1. The number of hydrogen-bond acceptors (Lipinski definition) is 3. The summed E-state index contributed by atoms with van der Waals surface area (Å²) in [6.07, 6.45) is 1.71. The van der Waals surface area contributed by atoms with E-state index in [0.717, 1.165) is 11.5 Å². The number of nitrogens with two attached hydrogens (primary N) is 1. The molecule has 0 amide bonds. The zero-order chi connectivity index (χ0) is 13.1. The number of anilines is 3. The molecule has 94 valence electrons. The first-order chi connectivity index (χ1) is 8.58. The van der Waals surface area contributed by atoms with Crippen molar-refractivity contribution >= 4 is 17.2 Å². The molecule has 0 spiro atoms. The summed E-state index contributed by atoms with van der Waals surface area (Å²) in [7, 11) is 0. The Hall–Kier alpha value is -2.03. The first kappa shape index (κ1) is 12.4. The zero-order valence-electron chi connectivity index (χ0n) is 11.1. The topological polar surface area (TPSA) is 50.9 Å². The van der Waals surface area contributed by atoms with Crippen molar-refractivity contribution in [3.63, 3.8) is 0 Å². The number of pyridine rings is 1. The predicted molar refractivity (Wildman–Crippen MR) is 77.2 cm³/mol. The van der Waals surface area contributed by atoms with Crippen LogP contribution in [0.5, 0.6) is 0 Å². The average Bonchev–Trinajstić information content (AvgIpc) is 2.31. The Morgan fingerprint density at radius 2 is 2.00 bits per heavy atom. The number of hydrogen-bond donors (Lipinski definition) is 2. The van der Waals surface area contributed by atoms with Gasteiger partial charge in [-0.25, -0.2) is 4.98 Å². The fourth-order valence-corrected chi connectivity index (χ4v) is 1.99. The van der Waals surface area contributed by atoms with E-state index in [-0.39, 0.29) is 0 Å². The van der Waals surface area contributed by atoms with Crippen molar-refractivity contribution in [3.05, 3.63) is 47.7 Å². The maximum absolute atomic E-state index is 5.77. The van der Waals surface area contributed by atoms with E-state index < -0.39 is 0 Å². The number of para-hydroxylation sites is 1. The Balaban J connectivity index is 2.39. The molecule has 0 radical (unpaired) electrons. The summed E-state index contributed by atoms with van der Waals surface area (Å²) in [5.41, 5.74) is 10.1. The minimum absolute atomic E-state index is 0.466. The van der Waals surface area contributed by atoms with E-state index in [2.05, 4.69) is 49.3 Å². The summed E-state index contributed by atoms with van der Waals surface area (Å²) < 4.78 is 0. The highest BCUT2D eigenvalue weighted by Gasteiger charge is 2.09. The molecule has 3 nitrogen and oxygen atoms in total. The smallest absolute Gasteiger partial charge is 0.132 e. The second-order valence-corrected chi connectivity index (χ2v) is 4.79. The molecular formula is C15H19N3. The summed E-state index contributed by atoms with van der Waals surface area (Å²) in [6, 6.07) is 9.96. The Labute approximate surface area is 108 Å². The molecule has 0 bridgehead atoms. The molecule has 1 heterocycles. The first-order valence-corrected chi connectivity index (χ1v) is 6.16. The van der Waals surface area contributed by atoms with E-state index in [1.165, 1.54) is 11.1 Å². The highest BCUT2D eigenvalue weighted by molar-refractivity contribution is 5.67. The molecular weight excluding hydrogens is 222 g/mol. The number of rotatable bonds is 3. The largest absolute Gasteiger partial charge is 0.399 e. The Morgan fingerprint density at radius 1 is 1.22 bits per heavy atom. The van der Waals surface area contributed by atoms with Gasteiger partial charge in [-0.1, -0.05) is 32.0 Å². The van der Waals surface area contributed by atoms with E-state index >= 15 is 0 Å². The predicted octanol–water partition coefficient (Wildman–Crippen LogP) is 3.84. The molecule has 0 aliphatic rings. The fourth-order valence-electron chi connectivity index (χ4n) is 1.99. The second-order valence-electron chi connectivity index (χ2n) is 4.79. The number of benzene rings is 1. The van der Waals surface area contributed by atoms with Crippen LogP contribution < -0.4 is 11.1 Å². The molecule has 0 aliphatic heterocycles. The lowest BCUT2D eigenvalue weighted by Gasteiger charge is -2.16. The Kier molecular flexibility index (Phi) is 3.51. The standard InChI is InChI=1S/C15H19N3/c1-10(2)13-6-4-5-11(3)15(13)18-14-9-12(16)7-8-17-14/h4-10H,1-3H3,(H3,16,17,18). The molecule has 0 saturated heterocycles. The van der Waals surface area contributed by atoms with Crippen molar-refractivity contribution in [2.24, 2.45) is 0 Å². The summed E-state index contributed by atoms with van der Waals surface area (Å²) in [5, 5.41) is 3.37. The molecule has 1 aromatic carbocycles. The molecule has 3 heteroatoms. The molecule has 0 fully saturated rings. The van der Waals surface area contributed by atoms with Crippen molar-refractivity contribution in [2.45, 2.75) is 26.7 Å². The number of nitrogens with zero attached hydrogens (tertiary/aromatic N) is 1. The summed E-state index contributed by atoms with van der Waals surface area (Å²) in [5.74, 6) is 1.25. The van der Waals surface area contributed by atoms with Crippen LogP contribution in [0.1, 0.15) is 30.9 Å². The third-order valence-electron chi connectivity index (χ3n) is 2.96. The normalized spacial score (nSPS) is 10.7. The molecule has 0 unspecified atom stereocenters. The van der Waals surface area contributed by atoms with Crippen molar-refractivity contribution in [3.8, 4) is 0 Å². The summed E-state index contributed by atoms with van der Waals surface area (Å²) >= 11 is 0. The van der Waals surface area contributed by atoms with Gasteiger partial charge in [0.2, 0.25) is 0 Å². The van der Waals surface area contributed by atoms with E-state index in [0.29, 0.717) is 11.6 Å². The van der Waals surface area contributed by atoms with Crippen molar-refractivity contribution < 1.29 is 0 Å². The molecule has 2 rings (SSSR count). The zero-order valence-corrected chi connectivity index (χ0v) is 11.1. The van der Waals surface area contributed by atoms with Crippen LogP contribution in [-0.2, 0) is 0 Å². The highest BCUT2D eigenvalue weighted by Crippen LogP contribution is 2.29. The van der Waals surface area contributed by atoms with Gasteiger partial charge in [0.15, 0.2) is 0 Å². The molecule has 0 atom stereocenters. The lowest BCUT2D eigenvalue weighted by atomic mass is 9.98. The third kappa shape index (κ3) is 2.62. The van der Waals surface area contributed by atoms with Gasteiger partial charge in [0.1, 0.15) is 5.82 Å². The molecule has 18 heavy (non-hydrogen) atoms. The van der Waals surface area contributed by atoms with E-state index in [1.54, 1.807) is 12.3 Å². The highest BCUT2D eigenvalue weighted by atomic mass is 15.0. The number of aromatic nitrogens is 1. The van der Waals surface area contributed by atoms with Crippen LogP contribution in [0.2, 0.25) is 0 Å². The van der Waals surface area contributed by atoms with Crippen LogP contribution in [0, 0.1) is 6.92 Å². The summed E-state index contributed by atoms with van der Waals surface area (Å²) in [6.45, 7) is 6.47. The average molecular weight is 241 g/mol. The van der Waals surface area contributed by atoms with Crippen LogP contribution in [0.3, 0.4) is 0 Å². The Bertz CT molecular complexity index is 547. The molecule has 2 aromatic rings. The van der Waals surface area contributed by atoms with E-state index in [9.17, 15) is 0 Å². The number of nitrogens with one attached hydrogen (secondary N) is 1. The monoisotopic (exact) mass is 241 g/mol. The van der Waals surface area contributed by atoms with Crippen LogP contribution in [0.4, 0.5) is 17.2 Å². The fraction of sp³-hybridized carbons (Fsp3) is 0.267. The van der Waals surface area contributed by atoms with E-state index in [4.69, 9.17) is 5.73 Å². The lowest BCUT2D eigenvalue weighted by Crippen LogP contribution is -2.02. The quantitative estimate of drug-likeness (QED) is 0.858. The molecule has 0 saturated carbocycles. The van der Waals surface area contributed by atoms with Crippen LogP contribution in [-0.4, -0.2) is 4.98 Å². The molecule has 1 aromatic heterocycles. The van der Waals surface area contributed by atoms with Crippen LogP contribution in [0.25, 0.3) is 0 Å². The van der Waals surface area contributed by atoms with Gasteiger partial charge in [-0.3, -0.25) is 0 Å². The van der Waals surface area contributed by atoms with Gasteiger partial charge in [-0.05, 0) is 30.0 Å². The van der Waals surface area contributed by atoms with Crippen molar-refractivity contribution in [1.29, 1.82) is 0 Å². The van der Waals surface area contributed by atoms with Crippen LogP contribution in [0.15, 0.2) is 36.5 Å². The first-order valence-electron chi connectivity index (χ1n) is 6.16. The minimum atomic E-state index is 0.466. The van der Waals surface area contributed by atoms with Gasteiger partial charge in [0.25, 0.3) is 0 Å². The lowest BCUT2D eigenvalue weighted by molar-refractivity contribution is 0.867. The Morgan fingerprint density at radius 3 is 2.67 bits per heavy atom. The van der Waals surface area contributed by atoms with Crippen molar-refractivity contribution in [2.75, 3.05) is 11.1 Å². The van der Waals surface area contributed by atoms with Gasteiger partial charge in [0.05, 0.1) is 0 Å². The molecule has 0 aliphatic carbocycles. The maximum atomic E-state index is 5.77. The third-order valence-corrected chi connectivity index (χ3v) is 2.96. The van der Waals surface area contributed by atoms with E-state index in [1.807, 2.05) is 6.07 Å². The molecule has 3 N–H and O–H groups in total. The van der Waals surface area contributed by atoms with Crippen LogP contribution >= 0.6 is 0 Å². The number of nitrogen functional groups attached to an aromatic ring is 1. The van der Waals surface area contributed by atoms with Gasteiger partial charge in [0, 0.05) is 23.6 Å². The van der Waals surface area contributed by atoms with Gasteiger partial charge in [-0.15, -0.1) is 0 Å². The van der Waals surface area contributed by atoms with Gasteiger partial charge >= 0.3 is 0 Å². The minimum Gasteiger partial charge on any atom is -0.399 e. The van der Waals surface area contributed by atoms with Gasteiger partial charge < -0.3 is 11.1 Å². The second kappa shape index (κ2) is 5.08. The summed E-state index contributed by atoms with van der Waals surface area (Å²) in [4.78, 5) is 4.29. The van der Waals surface area contributed by atoms with Crippen molar-refractivity contribution in [1.82, 2.24) is 4.98 Å². The SMILES string of the molecule is Cc1cccc(C(C)C)c1Nc1cc(N)ccn1. The van der Waals surface area contributed by atoms with Gasteiger partial charge in [-0.2, -0.15) is 0 Å².